The molecule has 0 unspecified atom stereocenters. The highest BCUT2D eigenvalue weighted by Gasteiger charge is 2.07. The highest BCUT2D eigenvalue weighted by Crippen LogP contribution is 2.21. The van der Waals surface area contributed by atoms with E-state index < -0.39 is 0 Å². The van der Waals surface area contributed by atoms with Crippen LogP contribution >= 0.6 is 0 Å². The third-order valence-corrected chi connectivity index (χ3v) is 4.97. The lowest BCUT2D eigenvalue weighted by molar-refractivity contribution is -0.134. The third kappa shape index (κ3) is 9.38. The maximum absolute atomic E-state index is 11.9. The van der Waals surface area contributed by atoms with Gasteiger partial charge in [0.05, 0.1) is 19.0 Å². The zero-order chi connectivity index (χ0) is 21.4. The molecule has 0 amide bonds. The van der Waals surface area contributed by atoms with Crippen molar-refractivity contribution in [3.63, 3.8) is 0 Å². The minimum absolute atomic E-state index is 0.223. The number of ether oxygens (including phenoxy) is 2. The normalized spacial score (nSPS) is 10.7. The number of esters is 1. The van der Waals surface area contributed by atoms with Gasteiger partial charge in [-0.2, -0.15) is 0 Å². The van der Waals surface area contributed by atoms with Crippen LogP contribution in [0.5, 0.6) is 11.5 Å². The van der Waals surface area contributed by atoms with Crippen molar-refractivity contribution in [1.29, 1.82) is 0 Å². The topological polar surface area (TPSA) is 61.3 Å². The van der Waals surface area contributed by atoms with Crippen molar-refractivity contribution < 1.29 is 14.3 Å². The van der Waals surface area contributed by atoms with E-state index in [1.807, 2.05) is 24.3 Å². The van der Waals surface area contributed by atoms with Crippen LogP contribution < -0.4 is 9.47 Å². The van der Waals surface area contributed by atoms with Gasteiger partial charge in [0.25, 0.3) is 0 Å². The number of hydrogen-bond acceptors (Lipinski definition) is 5. The molecule has 1 aromatic carbocycles. The highest BCUT2D eigenvalue weighted by atomic mass is 16.5. The number of nitrogens with zero attached hydrogens (tertiary/aromatic N) is 2. The molecule has 2 rings (SSSR count). The van der Waals surface area contributed by atoms with Crippen LogP contribution in [0.25, 0.3) is 11.4 Å². The van der Waals surface area contributed by atoms with Crippen LogP contribution in [-0.4, -0.2) is 22.5 Å². The van der Waals surface area contributed by atoms with Gasteiger partial charge in [-0.15, -0.1) is 0 Å². The Bertz CT molecular complexity index is 714. The molecule has 0 aliphatic rings. The van der Waals surface area contributed by atoms with E-state index >= 15 is 0 Å². The first-order valence-corrected chi connectivity index (χ1v) is 11.5. The molecule has 0 fully saturated rings. The van der Waals surface area contributed by atoms with Gasteiger partial charge in [0, 0.05) is 12.0 Å². The van der Waals surface area contributed by atoms with Crippen LogP contribution in [0.1, 0.15) is 84.5 Å². The van der Waals surface area contributed by atoms with Crippen LogP contribution in [0.15, 0.2) is 36.7 Å². The molecule has 2 aromatic rings. The van der Waals surface area contributed by atoms with Crippen molar-refractivity contribution in [3.8, 4) is 22.9 Å². The van der Waals surface area contributed by atoms with E-state index in [1.54, 1.807) is 12.4 Å². The largest absolute Gasteiger partial charge is 0.494 e. The number of rotatable bonds is 15. The predicted molar refractivity (Wildman–Crippen MR) is 121 cm³/mol. The quantitative estimate of drug-likeness (QED) is 0.239. The van der Waals surface area contributed by atoms with Crippen LogP contribution in [0.4, 0.5) is 0 Å². The Morgan fingerprint density at radius 1 is 0.767 bits per heavy atom. The summed E-state index contributed by atoms with van der Waals surface area (Å²) in [6, 6.07) is 7.78. The third-order valence-electron chi connectivity index (χ3n) is 4.97. The van der Waals surface area contributed by atoms with Crippen LogP contribution in [0, 0.1) is 0 Å². The van der Waals surface area contributed by atoms with Crippen molar-refractivity contribution in [3.05, 3.63) is 36.7 Å². The highest BCUT2D eigenvalue weighted by molar-refractivity contribution is 5.72. The average Bonchev–Trinajstić information content (AvgIpc) is 2.77. The summed E-state index contributed by atoms with van der Waals surface area (Å²) in [5, 5.41) is 0. The van der Waals surface area contributed by atoms with E-state index in [2.05, 4.69) is 23.8 Å². The first-order valence-electron chi connectivity index (χ1n) is 11.5. The molecule has 0 aliphatic carbocycles. The predicted octanol–water partition coefficient (Wildman–Crippen LogP) is 6.76. The lowest BCUT2D eigenvalue weighted by atomic mass is 10.1. The fourth-order valence-corrected chi connectivity index (χ4v) is 3.17. The van der Waals surface area contributed by atoms with E-state index in [1.165, 1.54) is 44.9 Å². The van der Waals surface area contributed by atoms with E-state index in [-0.39, 0.29) is 5.97 Å². The number of hydrogen-bond donors (Lipinski definition) is 0. The number of aromatic nitrogens is 2. The lowest BCUT2D eigenvalue weighted by Crippen LogP contribution is -2.08. The minimum atomic E-state index is -0.223. The molecule has 0 spiro atoms. The Labute approximate surface area is 181 Å². The number of unbranched alkanes of at least 4 members (excludes halogenated alkanes) is 8. The van der Waals surface area contributed by atoms with Gasteiger partial charge in [0.2, 0.25) is 0 Å². The standard InChI is InChI=1S/C25H36N2O3/c1-3-5-7-9-11-13-24(28)30-23-19-26-25(27-20-23)21-14-16-22(17-15-21)29-18-12-10-8-6-4-2/h14-17,19-20H,3-13,18H2,1-2H3. The Hall–Kier alpha value is -2.43. The van der Waals surface area contributed by atoms with Gasteiger partial charge in [-0.25, -0.2) is 9.97 Å². The number of carbonyl (C=O) groups is 1. The molecule has 0 N–H and O–H groups in total. The fourth-order valence-electron chi connectivity index (χ4n) is 3.17. The molecular formula is C25H36N2O3. The Morgan fingerprint density at radius 3 is 2.00 bits per heavy atom. The maximum atomic E-state index is 11.9. The monoisotopic (exact) mass is 412 g/mol. The van der Waals surface area contributed by atoms with Gasteiger partial charge >= 0.3 is 5.97 Å². The summed E-state index contributed by atoms with van der Waals surface area (Å²) in [6.45, 7) is 5.15. The minimum Gasteiger partial charge on any atom is -0.494 e. The summed E-state index contributed by atoms with van der Waals surface area (Å²) in [6.07, 6.45) is 15.2. The van der Waals surface area contributed by atoms with Gasteiger partial charge in [0.15, 0.2) is 11.6 Å². The van der Waals surface area contributed by atoms with E-state index in [4.69, 9.17) is 9.47 Å². The summed E-state index contributed by atoms with van der Waals surface area (Å²) >= 11 is 0. The van der Waals surface area contributed by atoms with Crippen LogP contribution in [-0.2, 0) is 4.79 Å². The van der Waals surface area contributed by atoms with Crippen molar-refractivity contribution in [2.24, 2.45) is 0 Å². The van der Waals surface area contributed by atoms with Gasteiger partial charge in [-0.1, -0.05) is 65.2 Å². The molecule has 0 radical (unpaired) electrons. The molecule has 0 saturated carbocycles. The van der Waals surface area contributed by atoms with Crippen molar-refractivity contribution >= 4 is 5.97 Å². The Kier molecular flexibility index (Phi) is 11.6. The molecule has 164 valence electrons. The smallest absolute Gasteiger partial charge is 0.311 e. The zero-order valence-electron chi connectivity index (χ0n) is 18.6. The van der Waals surface area contributed by atoms with Gasteiger partial charge in [-0.3, -0.25) is 4.79 Å². The van der Waals surface area contributed by atoms with E-state index in [9.17, 15) is 4.79 Å². The molecule has 1 aromatic heterocycles. The molecule has 5 heteroatoms. The molecule has 0 atom stereocenters. The number of benzene rings is 1. The fraction of sp³-hybridized carbons (Fsp3) is 0.560. The van der Waals surface area contributed by atoms with Crippen molar-refractivity contribution in [1.82, 2.24) is 9.97 Å². The lowest BCUT2D eigenvalue weighted by Gasteiger charge is -2.07. The van der Waals surface area contributed by atoms with Crippen LogP contribution in [0.3, 0.4) is 0 Å². The van der Waals surface area contributed by atoms with Crippen molar-refractivity contribution in [2.45, 2.75) is 84.5 Å². The summed E-state index contributed by atoms with van der Waals surface area (Å²) in [4.78, 5) is 20.6. The molecule has 0 saturated heterocycles. The van der Waals surface area contributed by atoms with Gasteiger partial charge in [-0.05, 0) is 37.1 Å². The molecule has 0 bridgehead atoms. The van der Waals surface area contributed by atoms with Gasteiger partial charge in [0.1, 0.15) is 5.75 Å². The number of carbonyl (C=O) groups excluding carboxylic acids is 1. The molecular weight excluding hydrogens is 376 g/mol. The summed E-state index contributed by atoms with van der Waals surface area (Å²) < 4.78 is 11.1. The Balaban J connectivity index is 1.74. The average molecular weight is 413 g/mol. The SMILES string of the molecule is CCCCCCCOc1ccc(-c2ncc(OC(=O)CCCCCCC)cn2)cc1. The van der Waals surface area contributed by atoms with Gasteiger partial charge < -0.3 is 9.47 Å². The molecule has 1 heterocycles. The van der Waals surface area contributed by atoms with Crippen LogP contribution in [0.2, 0.25) is 0 Å². The zero-order valence-corrected chi connectivity index (χ0v) is 18.6. The van der Waals surface area contributed by atoms with E-state index in [0.29, 0.717) is 18.0 Å². The molecule has 5 nitrogen and oxygen atoms in total. The Morgan fingerprint density at radius 2 is 1.37 bits per heavy atom. The first-order chi connectivity index (χ1) is 14.7. The second-order valence-electron chi connectivity index (χ2n) is 7.67. The first kappa shape index (κ1) is 23.8. The summed E-state index contributed by atoms with van der Waals surface area (Å²) in [5.41, 5.74) is 0.902. The van der Waals surface area contributed by atoms with E-state index in [0.717, 1.165) is 37.2 Å². The summed E-state index contributed by atoms with van der Waals surface area (Å²) in [5.74, 6) is 1.62. The maximum Gasteiger partial charge on any atom is 0.311 e. The molecule has 0 aliphatic heterocycles. The second kappa shape index (κ2) is 14.5. The summed E-state index contributed by atoms with van der Waals surface area (Å²) in [7, 11) is 0. The second-order valence-corrected chi connectivity index (χ2v) is 7.67. The molecule has 30 heavy (non-hydrogen) atoms. The van der Waals surface area contributed by atoms with Crippen molar-refractivity contribution in [2.75, 3.05) is 6.61 Å².